The number of nitrogens with zero attached hydrogens (tertiary/aromatic N) is 2. The van der Waals surface area contributed by atoms with E-state index in [2.05, 4.69) is 9.80 Å². The summed E-state index contributed by atoms with van der Waals surface area (Å²) in [6.07, 6.45) is 3.13. The first-order valence-electron chi connectivity index (χ1n) is 7.62. The van der Waals surface area contributed by atoms with Crippen LogP contribution in [-0.2, 0) is 0 Å². The van der Waals surface area contributed by atoms with Gasteiger partial charge in [0.05, 0.1) is 11.8 Å². The van der Waals surface area contributed by atoms with Crippen LogP contribution in [0.25, 0.3) is 0 Å². The molecule has 20 heavy (non-hydrogen) atoms. The van der Waals surface area contributed by atoms with Crippen molar-refractivity contribution in [2.45, 2.75) is 38.3 Å². The molecule has 2 saturated heterocycles. The Bertz CT molecular complexity index is 478. The summed E-state index contributed by atoms with van der Waals surface area (Å²) in [5.41, 5.74) is 1.31. The predicted octanol–water partition coefficient (Wildman–Crippen LogP) is 2.55. The maximum atomic E-state index is 14.3. The molecule has 2 fully saturated rings. The maximum absolute atomic E-state index is 14.3. The Hall–Kier alpha value is -1.13. The summed E-state index contributed by atoms with van der Waals surface area (Å²) in [5, 5.41) is 9.89. The SMILES string of the molecule is CC(O)c1cccc(F)c1N1CCN2CCCCC2C1. The van der Waals surface area contributed by atoms with E-state index < -0.39 is 6.10 Å². The zero-order chi connectivity index (χ0) is 14.1. The molecule has 2 unspecified atom stereocenters. The highest BCUT2D eigenvalue weighted by molar-refractivity contribution is 5.56. The third kappa shape index (κ3) is 2.54. The number of benzene rings is 1. The number of aliphatic hydroxyl groups excluding tert-OH is 1. The summed E-state index contributed by atoms with van der Waals surface area (Å²) < 4.78 is 14.3. The number of aliphatic hydroxyl groups is 1. The number of anilines is 1. The van der Waals surface area contributed by atoms with Crippen LogP contribution in [0, 0.1) is 5.82 Å². The lowest BCUT2D eigenvalue weighted by molar-refractivity contribution is 0.132. The Morgan fingerprint density at radius 3 is 2.90 bits per heavy atom. The average Bonchev–Trinajstić information content (AvgIpc) is 2.46. The highest BCUT2D eigenvalue weighted by Crippen LogP contribution is 2.32. The van der Waals surface area contributed by atoms with E-state index in [0.717, 1.165) is 19.6 Å². The molecule has 3 rings (SSSR count). The topological polar surface area (TPSA) is 26.7 Å². The predicted molar refractivity (Wildman–Crippen MR) is 78.5 cm³/mol. The number of rotatable bonds is 2. The van der Waals surface area contributed by atoms with Crippen LogP contribution in [0.1, 0.15) is 37.9 Å². The van der Waals surface area contributed by atoms with Gasteiger partial charge < -0.3 is 10.0 Å². The second kappa shape index (κ2) is 5.70. The fraction of sp³-hybridized carbons (Fsp3) is 0.625. The van der Waals surface area contributed by atoms with Gasteiger partial charge in [-0.1, -0.05) is 18.6 Å². The molecule has 3 nitrogen and oxygen atoms in total. The van der Waals surface area contributed by atoms with E-state index in [1.165, 1.54) is 31.9 Å². The van der Waals surface area contributed by atoms with Gasteiger partial charge in [0.25, 0.3) is 0 Å². The lowest BCUT2D eigenvalue weighted by atomic mass is 9.98. The van der Waals surface area contributed by atoms with Crippen molar-refractivity contribution in [1.82, 2.24) is 4.90 Å². The van der Waals surface area contributed by atoms with Crippen LogP contribution in [-0.4, -0.2) is 42.2 Å². The smallest absolute Gasteiger partial charge is 0.146 e. The van der Waals surface area contributed by atoms with Crippen LogP contribution in [0.3, 0.4) is 0 Å². The molecule has 0 spiro atoms. The quantitative estimate of drug-likeness (QED) is 0.900. The van der Waals surface area contributed by atoms with Crippen molar-refractivity contribution in [2.24, 2.45) is 0 Å². The largest absolute Gasteiger partial charge is 0.389 e. The molecule has 0 bridgehead atoms. The second-order valence-corrected chi connectivity index (χ2v) is 5.99. The lowest BCUT2D eigenvalue weighted by Crippen LogP contribution is -2.55. The third-order valence-electron chi connectivity index (χ3n) is 4.62. The van der Waals surface area contributed by atoms with Gasteiger partial charge in [-0.15, -0.1) is 0 Å². The number of fused-ring (bicyclic) bond motifs is 1. The van der Waals surface area contributed by atoms with Gasteiger partial charge in [0.15, 0.2) is 0 Å². The molecule has 1 aromatic carbocycles. The number of piperazine rings is 1. The first kappa shape index (κ1) is 13.8. The molecule has 2 atom stereocenters. The summed E-state index contributed by atoms with van der Waals surface area (Å²) in [6.45, 7) is 5.60. The molecule has 1 N–H and O–H groups in total. The monoisotopic (exact) mass is 278 g/mol. The van der Waals surface area contributed by atoms with Crippen molar-refractivity contribution >= 4 is 5.69 Å². The van der Waals surface area contributed by atoms with Crippen LogP contribution in [0.5, 0.6) is 0 Å². The zero-order valence-electron chi connectivity index (χ0n) is 12.1. The molecule has 110 valence electrons. The molecular formula is C16H23FN2O. The highest BCUT2D eigenvalue weighted by Gasteiger charge is 2.31. The molecular weight excluding hydrogens is 255 g/mol. The number of hydrogen-bond donors (Lipinski definition) is 1. The molecule has 0 aliphatic carbocycles. The minimum atomic E-state index is -0.634. The first-order valence-corrected chi connectivity index (χ1v) is 7.62. The van der Waals surface area contributed by atoms with Gasteiger partial charge in [0.1, 0.15) is 5.82 Å². The second-order valence-electron chi connectivity index (χ2n) is 5.99. The molecule has 2 aliphatic heterocycles. The Morgan fingerprint density at radius 2 is 2.10 bits per heavy atom. The Balaban J connectivity index is 1.86. The lowest BCUT2D eigenvalue weighted by Gasteiger charge is -2.45. The van der Waals surface area contributed by atoms with E-state index >= 15 is 0 Å². The van der Waals surface area contributed by atoms with Crippen molar-refractivity contribution in [3.63, 3.8) is 0 Å². The van der Waals surface area contributed by atoms with Crippen LogP contribution >= 0.6 is 0 Å². The third-order valence-corrected chi connectivity index (χ3v) is 4.62. The summed E-state index contributed by atoms with van der Waals surface area (Å²) in [5.74, 6) is -0.215. The molecule has 2 heterocycles. The van der Waals surface area contributed by atoms with Crippen LogP contribution in [0.15, 0.2) is 18.2 Å². The van der Waals surface area contributed by atoms with Gasteiger partial charge in [-0.3, -0.25) is 4.90 Å². The average molecular weight is 278 g/mol. The highest BCUT2D eigenvalue weighted by atomic mass is 19.1. The van der Waals surface area contributed by atoms with Crippen LogP contribution in [0.4, 0.5) is 10.1 Å². The summed E-state index contributed by atoms with van der Waals surface area (Å²) in [6, 6.07) is 5.54. The molecule has 2 aliphatic rings. The van der Waals surface area contributed by atoms with Crippen molar-refractivity contribution < 1.29 is 9.50 Å². The zero-order valence-corrected chi connectivity index (χ0v) is 12.1. The van der Waals surface area contributed by atoms with Crippen LogP contribution < -0.4 is 4.90 Å². The molecule has 0 saturated carbocycles. The Labute approximate surface area is 120 Å². The van der Waals surface area contributed by atoms with E-state index in [9.17, 15) is 9.50 Å². The van der Waals surface area contributed by atoms with Gasteiger partial charge in [-0.2, -0.15) is 0 Å². The van der Waals surface area contributed by atoms with Gasteiger partial charge in [0, 0.05) is 31.2 Å². The Morgan fingerprint density at radius 1 is 1.25 bits per heavy atom. The van der Waals surface area contributed by atoms with Crippen molar-refractivity contribution in [1.29, 1.82) is 0 Å². The van der Waals surface area contributed by atoms with Gasteiger partial charge in [0.2, 0.25) is 0 Å². The molecule has 0 aromatic heterocycles. The van der Waals surface area contributed by atoms with Gasteiger partial charge >= 0.3 is 0 Å². The van der Waals surface area contributed by atoms with E-state index in [1.807, 2.05) is 6.07 Å². The van der Waals surface area contributed by atoms with Crippen molar-refractivity contribution in [3.05, 3.63) is 29.6 Å². The molecule has 4 heteroatoms. The molecule has 0 radical (unpaired) electrons. The number of para-hydroxylation sites is 1. The fourth-order valence-electron chi connectivity index (χ4n) is 3.56. The minimum Gasteiger partial charge on any atom is -0.389 e. The normalized spacial score (nSPS) is 25.4. The molecule has 1 aromatic rings. The van der Waals surface area contributed by atoms with Gasteiger partial charge in [-0.25, -0.2) is 4.39 Å². The summed E-state index contributed by atoms with van der Waals surface area (Å²) >= 11 is 0. The number of piperidine rings is 1. The molecule has 0 amide bonds. The summed E-state index contributed by atoms with van der Waals surface area (Å²) in [4.78, 5) is 4.66. The maximum Gasteiger partial charge on any atom is 0.146 e. The van der Waals surface area contributed by atoms with E-state index in [1.54, 1.807) is 13.0 Å². The first-order chi connectivity index (χ1) is 9.66. The standard InChI is InChI=1S/C16H23FN2O/c1-12(20)14-6-4-7-15(17)16(14)19-10-9-18-8-3-2-5-13(18)11-19/h4,6-7,12-13,20H,2-3,5,8-11H2,1H3. The van der Waals surface area contributed by atoms with Gasteiger partial charge in [-0.05, 0) is 32.4 Å². The van der Waals surface area contributed by atoms with Crippen molar-refractivity contribution in [2.75, 3.05) is 31.1 Å². The summed E-state index contributed by atoms with van der Waals surface area (Å²) in [7, 11) is 0. The minimum absolute atomic E-state index is 0.215. The Kier molecular flexibility index (Phi) is 3.94. The fourth-order valence-corrected chi connectivity index (χ4v) is 3.56. The van der Waals surface area contributed by atoms with Crippen molar-refractivity contribution in [3.8, 4) is 0 Å². The number of halogens is 1. The van der Waals surface area contributed by atoms with E-state index in [-0.39, 0.29) is 5.82 Å². The number of hydrogen-bond acceptors (Lipinski definition) is 3. The van der Waals surface area contributed by atoms with E-state index in [4.69, 9.17) is 0 Å². The van der Waals surface area contributed by atoms with E-state index in [0.29, 0.717) is 17.3 Å². The van der Waals surface area contributed by atoms with Crippen LogP contribution in [0.2, 0.25) is 0 Å².